The topological polar surface area (TPSA) is 58.2 Å². The van der Waals surface area contributed by atoms with E-state index in [1.54, 1.807) is 12.1 Å². The highest BCUT2D eigenvalue weighted by Gasteiger charge is 2.26. The van der Waals surface area contributed by atoms with Gasteiger partial charge in [-0.15, -0.1) is 0 Å². The van der Waals surface area contributed by atoms with Crippen molar-refractivity contribution in [2.75, 3.05) is 5.32 Å². The standard InChI is InChI=1S/C17H16N2O2/c1-2-15(11-6-4-3-5-7-11)18-12-8-9-13-14(10-12)17(21)19-16(13)20/h3-10,15,18H,2H2,1H3,(H,19,20,21). The Hall–Kier alpha value is -2.62. The molecular weight excluding hydrogens is 264 g/mol. The van der Waals surface area contributed by atoms with Gasteiger partial charge in [-0.1, -0.05) is 37.3 Å². The normalized spacial score (nSPS) is 14.5. The molecule has 2 aromatic carbocycles. The molecule has 0 aromatic heterocycles. The average Bonchev–Trinajstić information content (AvgIpc) is 2.80. The molecule has 0 aliphatic carbocycles. The predicted molar refractivity (Wildman–Crippen MR) is 81.3 cm³/mol. The Balaban J connectivity index is 1.87. The van der Waals surface area contributed by atoms with Gasteiger partial charge in [-0.3, -0.25) is 14.9 Å². The van der Waals surface area contributed by atoms with Crippen LogP contribution in [0.2, 0.25) is 0 Å². The zero-order valence-electron chi connectivity index (χ0n) is 11.7. The SMILES string of the molecule is CCC(Nc1ccc2c(c1)C(=O)NC2=O)c1ccccc1. The molecule has 1 unspecified atom stereocenters. The van der Waals surface area contributed by atoms with E-state index >= 15 is 0 Å². The summed E-state index contributed by atoms with van der Waals surface area (Å²) in [6.07, 6.45) is 0.923. The van der Waals surface area contributed by atoms with Crippen molar-refractivity contribution in [2.24, 2.45) is 0 Å². The van der Waals surface area contributed by atoms with E-state index in [1.807, 2.05) is 24.3 Å². The van der Waals surface area contributed by atoms with Crippen LogP contribution in [0.5, 0.6) is 0 Å². The molecule has 0 fully saturated rings. The average molecular weight is 280 g/mol. The molecule has 1 heterocycles. The molecule has 0 spiro atoms. The van der Waals surface area contributed by atoms with Crippen molar-refractivity contribution in [1.82, 2.24) is 5.32 Å². The molecule has 0 bridgehead atoms. The summed E-state index contributed by atoms with van der Waals surface area (Å²) < 4.78 is 0. The summed E-state index contributed by atoms with van der Waals surface area (Å²) in [6.45, 7) is 2.11. The van der Waals surface area contributed by atoms with Crippen LogP contribution < -0.4 is 10.6 Å². The third-order valence-electron chi connectivity index (χ3n) is 3.69. The molecule has 21 heavy (non-hydrogen) atoms. The number of amides is 2. The highest BCUT2D eigenvalue weighted by molar-refractivity contribution is 6.21. The van der Waals surface area contributed by atoms with Crippen molar-refractivity contribution >= 4 is 17.5 Å². The number of hydrogen-bond donors (Lipinski definition) is 2. The lowest BCUT2D eigenvalue weighted by Gasteiger charge is -2.19. The van der Waals surface area contributed by atoms with Gasteiger partial charge in [0.05, 0.1) is 17.2 Å². The van der Waals surface area contributed by atoms with E-state index in [9.17, 15) is 9.59 Å². The van der Waals surface area contributed by atoms with Crippen LogP contribution in [0.25, 0.3) is 0 Å². The van der Waals surface area contributed by atoms with E-state index in [0.717, 1.165) is 12.1 Å². The lowest BCUT2D eigenvalue weighted by Crippen LogP contribution is -2.19. The fraction of sp³-hybridized carbons (Fsp3) is 0.176. The van der Waals surface area contributed by atoms with Gasteiger partial charge in [-0.2, -0.15) is 0 Å². The fourth-order valence-corrected chi connectivity index (χ4v) is 2.57. The Kier molecular flexibility index (Phi) is 3.44. The van der Waals surface area contributed by atoms with Crippen LogP contribution in [0.15, 0.2) is 48.5 Å². The van der Waals surface area contributed by atoms with Crippen LogP contribution >= 0.6 is 0 Å². The molecule has 3 rings (SSSR count). The van der Waals surface area contributed by atoms with Gasteiger partial charge in [0.15, 0.2) is 0 Å². The second-order valence-corrected chi connectivity index (χ2v) is 5.06. The Morgan fingerprint density at radius 1 is 1.00 bits per heavy atom. The maximum absolute atomic E-state index is 11.7. The maximum Gasteiger partial charge on any atom is 0.259 e. The number of benzene rings is 2. The highest BCUT2D eigenvalue weighted by Crippen LogP contribution is 2.25. The number of fused-ring (bicyclic) bond motifs is 1. The van der Waals surface area contributed by atoms with E-state index in [0.29, 0.717) is 11.1 Å². The molecule has 4 heteroatoms. The number of hydrogen-bond acceptors (Lipinski definition) is 3. The third kappa shape index (κ3) is 2.52. The highest BCUT2D eigenvalue weighted by atomic mass is 16.2. The summed E-state index contributed by atoms with van der Waals surface area (Å²) in [7, 11) is 0. The summed E-state index contributed by atoms with van der Waals surface area (Å²) in [5, 5.41) is 5.72. The minimum absolute atomic E-state index is 0.171. The van der Waals surface area contributed by atoms with Gasteiger partial charge in [0.1, 0.15) is 0 Å². The van der Waals surface area contributed by atoms with Gasteiger partial charge >= 0.3 is 0 Å². The van der Waals surface area contributed by atoms with Crippen LogP contribution in [0.1, 0.15) is 45.7 Å². The second-order valence-electron chi connectivity index (χ2n) is 5.06. The first kappa shape index (κ1) is 13.4. The first-order valence-electron chi connectivity index (χ1n) is 7.00. The zero-order chi connectivity index (χ0) is 14.8. The van der Waals surface area contributed by atoms with Gasteiger partial charge in [0.2, 0.25) is 0 Å². The van der Waals surface area contributed by atoms with Crippen molar-refractivity contribution in [3.05, 3.63) is 65.2 Å². The molecule has 0 saturated heterocycles. The van der Waals surface area contributed by atoms with Gasteiger partial charge in [0.25, 0.3) is 11.8 Å². The fourth-order valence-electron chi connectivity index (χ4n) is 2.57. The smallest absolute Gasteiger partial charge is 0.259 e. The van der Waals surface area contributed by atoms with Crippen LogP contribution in [0.3, 0.4) is 0 Å². The van der Waals surface area contributed by atoms with Crippen molar-refractivity contribution in [3.63, 3.8) is 0 Å². The van der Waals surface area contributed by atoms with Gasteiger partial charge < -0.3 is 5.32 Å². The first-order chi connectivity index (χ1) is 10.2. The third-order valence-corrected chi connectivity index (χ3v) is 3.69. The van der Waals surface area contributed by atoms with Crippen LogP contribution in [-0.2, 0) is 0 Å². The Morgan fingerprint density at radius 2 is 1.71 bits per heavy atom. The van der Waals surface area contributed by atoms with Crippen LogP contribution in [0, 0.1) is 0 Å². The summed E-state index contributed by atoms with van der Waals surface area (Å²) >= 11 is 0. The molecular formula is C17H16N2O2. The molecule has 4 nitrogen and oxygen atoms in total. The molecule has 1 aliphatic rings. The first-order valence-corrected chi connectivity index (χ1v) is 7.00. The van der Waals surface area contributed by atoms with Crippen LogP contribution in [0.4, 0.5) is 5.69 Å². The minimum atomic E-state index is -0.327. The monoisotopic (exact) mass is 280 g/mol. The van der Waals surface area contributed by atoms with E-state index in [-0.39, 0.29) is 17.9 Å². The molecule has 2 amide bonds. The second kappa shape index (κ2) is 5.40. The number of carbonyl (C=O) groups excluding carboxylic acids is 2. The van der Waals surface area contributed by atoms with Gasteiger partial charge in [-0.05, 0) is 30.2 Å². The quantitative estimate of drug-likeness (QED) is 0.846. The molecule has 0 saturated carbocycles. The van der Waals surface area contributed by atoms with Crippen LogP contribution in [-0.4, -0.2) is 11.8 Å². The Morgan fingerprint density at radius 3 is 2.43 bits per heavy atom. The summed E-state index contributed by atoms with van der Waals surface area (Å²) in [6, 6.07) is 15.6. The number of rotatable bonds is 4. The zero-order valence-corrected chi connectivity index (χ0v) is 11.7. The van der Waals surface area contributed by atoms with E-state index in [2.05, 4.69) is 29.7 Å². The summed E-state index contributed by atoms with van der Waals surface area (Å²) in [4.78, 5) is 23.2. The maximum atomic E-state index is 11.7. The lowest BCUT2D eigenvalue weighted by molar-refractivity contribution is 0.0879. The van der Waals surface area contributed by atoms with Crippen molar-refractivity contribution in [2.45, 2.75) is 19.4 Å². The minimum Gasteiger partial charge on any atom is -0.378 e. The van der Waals surface area contributed by atoms with Crippen molar-refractivity contribution < 1.29 is 9.59 Å². The number of nitrogens with one attached hydrogen (secondary N) is 2. The van der Waals surface area contributed by atoms with E-state index < -0.39 is 0 Å². The largest absolute Gasteiger partial charge is 0.378 e. The van der Waals surface area contributed by atoms with Crippen molar-refractivity contribution in [3.8, 4) is 0 Å². The lowest BCUT2D eigenvalue weighted by atomic mass is 10.0. The number of carbonyl (C=O) groups is 2. The number of imide groups is 1. The Labute approximate surface area is 123 Å². The van der Waals surface area contributed by atoms with Gasteiger partial charge in [0, 0.05) is 5.69 Å². The number of anilines is 1. The molecule has 1 atom stereocenters. The molecule has 0 radical (unpaired) electrons. The summed E-state index contributed by atoms with van der Waals surface area (Å²) in [5.74, 6) is -0.650. The molecule has 106 valence electrons. The van der Waals surface area contributed by atoms with E-state index in [1.165, 1.54) is 5.56 Å². The molecule has 2 aromatic rings. The molecule has 1 aliphatic heterocycles. The van der Waals surface area contributed by atoms with E-state index in [4.69, 9.17) is 0 Å². The summed E-state index contributed by atoms with van der Waals surface area (Å²) in [5.41, 5.74) is 2.92. The van der Waals surface area contributed by atoms with Crippen molar-refractivity contribution in [1.29, 1.82) is 0 Å². The predicted octanol–water partition coefficient (Wildman–Crippen LogP) is 3.13. The Bertz CT molecular complexity index is 695. The molecule has 2 N–H and O–H groups in total. The van der Waals surface area contributed by atoms with Gasteiger partial charge in [-0.25, -0.2) is 0 Å².